The van der Waals surface area contributed by atoms with Gasteiger partial charge in [-0.05, 0) is 63.9 Å². The van der Waals surface area contributed by atoms with E-state index < -0.39 is 0 Å². The SMILES string of the molecule is CN1C=CN(c2[c-]cc(F)cc2)[CH-]1.CN1C=CN(c2[c-]cc(F)cc2)[CH-]1.Cc1cnc(-c2ccn[n-]2)c(C)c1.[Ir]. The first-order chi connectivity index (χ1) is 18.8. The van der Waals surface area contributed by atoms with Crippen molar-refractivity contribution in [2.45, 2.75) is 13.8 Å². The van der Waals surface area contributed by atoms with E-state index >= 15 is 0 Å². The fourth-order valence-electron chi connectivity index (χ4n) is 3.64. The summed E-state index contributed by atoms with van der Waals surface area (Å²) >= 11 is 0. The number of aromatic nitrogens is 3. The molecule has 0 unspecified atom stereocenters. The molecule has 0 fully saturated rings. The van der Waals surface area contributed by atoms with E-state index in [9.17, 15) is 8.78 Å². The predicted octanol–water partition coefficient (Wildman–Crippen LogP) is 5.65. The molecule has 1 radical (unpaired) electrons. The van der Waals surface area contributed by atoms with Crippen LogP contribution in [-0.4, -0.2) is 34.0 Å². The Balaban J connectivity index is 0.000000163. The van der Waals surface area contributed by atoms with Gasteiger partial charge < -0.3 is 29.8 Å². The van der Waals surface area contributed by atoms with Crippen LogP contribution in [0.4, 0.5) is 20.2 Å². The third-order valence-electron chi connectivity index (χ3n) is 5.53. The normalized spacial score (nSPS) is 13.4. The first-order valence-electron chi connectivity index (χ1n) is 12.1. The molecule has 2 aliphatic heterocycles. The molecular formula is C30H28F2IrN7-5. The number of benzene rings is 2. The number of rotatable bonds is 3. The van der Waals surface area contributed by atoms with E-state index in [0.29, 0.717) is 0 Å². The second kappa shape index (κ2) is 14.4. The number of halogens is 2. The monoisotopic (exact) mass is 717 g/mol. The third-order valence-corrected chi connectivity index (χ3v) is 5.53. The summed E-state index contributed by atoms with van der Waals surface area (Å²) in [5.41, 5.74) is 5.74. The molecule has 0 N–H and O–H groups in total. The number of anilines is 2. The molecule has 2 aromatic heterocycles. The minimum absolute atomic E-state index is 0. The molecule has 0 bridgehead atoms. The van der Waals surface area contributed by atoms with Crippen molar-refractivity contribution in [3.8, 4) is 11.4 Å². The molecule has 6 rings (SSSR count). The van der Waals surface area contributed by atoms with Crippen LogP contribution in [0.15, 0.2) is 85.7 Å². The van der Waals surface area contributed by atoms with Crippen molar-refractivity contribution in [3.05, 3.63) is 134 Å². The van der Waals surface area contributed by atoms with Crippen LogP contribution >= 0.6 is 0 Å². The van der Waals surface area contributed by atoms with E-state index in [2.05, 4.69) is 33.4 Å². The van der Waals surface area contributed by atoms with Crippen molar-refractivity contribution >= 4 is 11.4 Å². The number of hydrogen-bond acceptors (Lipinski definition) is 6. The molecule has 2 aliphatic rings. The van der Waals surface area contributed by atoms with Crippen LogP contribution in [0.25, 0.3) is 11.4 Å². The summed E-state index contributed by atoms with van der Waals surface area (Å²) in [5.74, 6) is -0.527. The molecule has 0 atom stereocenters. The van der Waals surface area contributed by atoms with E-state index in [-0.39, 0.29) is 31.7 Å². The fraction of sp³-hybridized carbons (Fsp3) is 0.133. The Morgan fingerprint density at radius 1 is 0.800 bits per heavy atom. The van der Waals surface area contributed by atoms with E-state index in [0.717, 1.165) is 28.3 Å². The van der Waals surface area contributed by atoms with Gasteiger partial charge in [-0.3, -0.25) is 13.8 Å². The molecule has 211 valence electrons. The van der Waals surface area contributed by atoms with Gasteiger partial charge in [-0.25, -0.2) is 0 Å². The van der Waals surface area contributed by atoms with Gasteiger partial charge in [0.15, 0.2) is 0 Å². The molecule has 0 spiro atoms. The smallest absolute Gasteiger partial charge is 0.0523 e. The average molecular weight is 717 g/mol. The van der Waals surface area contributed by atoms with Gasteiger partial charge in [-0.1, -0.05) is 17.8 Å². The van der Waals surface area contributed by atoms with Crippen LogP contribution in [-0.2, 0) is 20.1 Å². The first kappa shape index (κ1) is 30.5. The Bertz CT molecular complexity index is 1320. The molecule has 0 saturated heterocycles. The third kappa shape index (κ3) is 8.49. The number of nitrogens with zero attached hydrogens (tertiary/aromatic N) is 7. The molecule has 4 heterocycles. The largest absolute Gasteiger partial charge is 0.574 e. The molecule has 10 heteroatoms. The van der Waals surface area contributed by atoms with Gasteiger partial charge >= 0.3 is 0 Å². The average Bonchev–Trinajstić information content (AvgIpc) is 3.69. The summed E-state index contributed by atoms with van der Waals surface area (Å²) < 4.78 is 25.1. The van der Waals surface area contributed by atoms with Crippen LogP contribution in [0.1, 0.15) is 11.1 Å². The van der Waals surface area contributed by atoms with E-state index in [1.54, 1.807) is 18.3 Å². The minimum atomic E-state index is -0.264. The summed E-state index contributed by atoms with van der Waals surface area (Å²) in [6, 6.07) is 18.5. The van der Waals surface area contributed by atoms with Crippen molar-refractivity contribution in [3.63, 3.8) is 0 Å². The van der Waals surface area contributed by atoms with E-state index in [4.69, 9.17) is 0 Å². The molecule has 0 saturated carbocycles. The van der Waals surface area contributed by atoms with Crippen molar-refractivity contribution in [1.82, 2.24) is 25.0 Å². The Labute approximate surface area is 247 Å². The van der Waals surface area contributed by atoms with Crippen LogP contribution in [0.2, 0.25) is 0 Å². The van der Waals surface area contributed by atoms with E-state index in [1.807, 2.05) is 97.9 Å². The quantitative estimate of drug-likeness (QED) is 0.254. The minimum Gasteiger partial charge on any atom is -0.574 e. The van der Waals surface area contributed by atoms with Crippen LogP contribution in [0.5, 0.6) is 0 Å². The zero-order valence-electron chi connectivity index (χ0n) is 22.5. The van der Waals surface area contributed by atoms with Gasteiger partial charge in [0.25, 0.3) is 0 Å². The second-order valence-electron chi connectivity index (χ2n) is 8.85. The molecule has 2 aromatic carbocycles. The van der Waals surface area contributed by atoms with E-state index in [1.165, 1.54) is 29.8 Å². The summed E-state index contributed by atoms with van der Waals surface area (Å²) in [6.07, 6.45) is 11.1. The van der Waals surface area contributed by atoms with Gasteiger partial charge in [0.05, 0.1) is 5.69 Å². The van der Waals surface area contributed by atoms with Crippen molar-refractivity contribution in [2.75, 3.05) is 23.9 Å². The molecule has 0 aliphatic carbocycles. The Morgan fingerprint density at radius 2 is 1.35 bits per heavy atom. The number of aryl methyl sites for hydroxylation is 2. The number of pyridine rings is 1. The Morgan fingerprint density at radius 3 is 1.73 bits per heavy atom. The van der Waals surface area contributed by atoms with Gasteiger partial charge in [-0.2, -0.15) is 25.5 Å². The molecule has 7 nitrogen and oxygen atoms in total. The first-order valence-corrected chi connectivity index (χ1v) is 12.1. The summed E-state index contributed by atoms with van der Waals surface area (Å²) in [5, 5.41) is 7.74. The van der Waals surface area contributed by atoms with Gasteiger partial charge in [0, 0.05) is 44.1 Å². The zero-order valence-corrected chi connectivity index (χ0v) is 24.9. The summed E-state index contributed by atoms with van der Waals surface area (Å²) in [4.78, 5) is 11.9. The van der Waals surface area contributed by atoms with Crippen LogP contribution in [0, 0.1) is 51.0 Å². The topological polar surface area (TPSA) is 52.8 Å². The fourth-order valence-corrected chi connectivity index (χ4v) is 3.64. The maximum atomic E-state index is 12.6. The molecule has 40 heavy (non-hydrogen) atoms. The van der Waals surface area contributed by atoms with Crippen molar-refractivity contribution in [2.24, 2.45) is 0 Å². The van der Waals surface area contributed by atoms with Crippen molar-refractivity contribution in [1.29, 1.82) is 0 Å². The van der Waals surface area contributed by atoms with Gasteiger partial charge in [0.2, 0.25) is 0 Å². The second-order valence-corrected chi connectivity index (χ2v) is 8.85. The molecule has 0 amide bonds. The molecule has 4 aromatic rings. The van der Waals surface area contributed by atoms with Gasteiger partial charge in [0.1, 0.15) is 0 Å². The van der Waals surface area contributed by atoms with Crippen LogP contribution < -0.4 is 14.9 Å². The molecular weight excluding hydrogens is 689 g/mol. The Hall–Kier alpha value is -4.01. The van der Waals surface area contributed by atoms with Crippen LogP contribution in [0.3, 0.4) is 0 Å². The Kier molecular flexibility index (Phi) is 11.0. The zero-order chi connectivity index (χ0) is 27.8. The maximum Gasteiger partial charge on any atom is 0.0523 e. The number of hydrogen-bond donors (Lipinski definition) is 0. The summed E-state index contributed by atoms with van der Waals surface area (Å²) in [7, 11) is 3.86. The maximum absolute atomic E-state index is 12.6. The predicted molar refractivity (Wildman–Crippen MR) is 148 cm³/mol. The summed E-state index contributed by atoms with van der Waals surface area (Å²) in [6.45, 7) is 7.85. The standard InChI is InChI=1S/2C10H9FN2.C10H10N3.Ir/c2*1-12-6-7-13(8-12)10-4-2-9(11)3-5-10;1-7-5-8(2)10(11-6-7)9-3-4-12-13-9;/h2*2-4,6-8H,1H3;3-6H,1-2H3;/q2*-2;-1;. The van der Waals surface area contributed by atoms with Crippen molar-refractivity contribution < 1.29 is 28.9 Å². The van der Waals surface area contributed by atoms with Gasteiger partial charge in [-0.15, -0.1) is 47.8 Å².